The number of benzene rings is 1. The zero-order valence-electron chi connectivity index (χ0n) is 8.91. The first-order chi connectivity index (χ1) is 7.43. The molecule has 2 aromatic rings. The third-order valence-electron chi connectivity index (χ3n) is 3.45. The van der Waals surface area contributed by atoms with E-state index in [4.69, 9.17) is 0 Å². The fraction of sp³-hybridized carbons (Fsp3) is 0.429. The summed E-state index contributed by atoms with van der Waals surface area (Å²) in [6.07, 6.45) is 7.12. The Kier molecular flexibility index (Phi) is 2.49. The van der Waals surface area contributed by atoms with Crippen LogP contribution in [0.25, 0.3) is 10.1 Å². The van der Waals surface area contributed by atoms with Gasteiger partial charge in [0, 0.05) is 9.58 Å². The third kappa shape index (κ3) is 1.81. The molecule has 0 aliphatic heterocycles. The lowest BCUT2D eigenvalue weighted by molar-refractivity contribution is 0.448. The van der Waals surface area contributed by atoms with Gasteiger partial charge in [-0.1, -0.05) is 37.5 Å². The number of hydrogen-bond acceptors (Lipinski definition) is 1. The second-order valence-corrected chi connectivity index (χ2v) is 5.64. The summed E-state index contributed by atoms with van der Waals surface area (Å²) in [5.41, 5.74) is 0. The van der Waals surface area contributed by atoms with Crippen LogP contribution in [0.3, 0.4) is 0 Å². The van der Waals surface area contributed by atoms with Crippen LogP contribution in [0.15, 0.2) is 30.3 Å². The van der Waals surface area contributed by atoms with E-state index in [2.05, 4.69) is 30.3 Å². The lowest BCUT2D eigenvalue weighted by atomic mass is 9.88. The fourth-order valence-corrected chi connectivity index (χ4v) is 3.82. The molecule has 0 amide bonds. The van der Waals surface area contributed by atoms with Gasteiger partial charge in [-0.05, 0) is 36.3 Å². The largest absolute Gasteiger partial charge is 0.140 e. The van der Waals surface area contributed by atoms with E-state index < -0.39 is 0 Å². The molecule has 0 unspecified atom stereocenters. The molecule has 0 bridgehead atoms. The van der Waals surface area contributed by atoms with E-state index in [1.54, 1.807) is 4.88 Å². The topological polar surface area (TPSA) is 0 Å². The Bertz CT molecular complexity index is 416. The van der Waals surface area contributed by atoms with Gasteiger partial charge in [-0.2, -0.15) is 0 Å². The van der Waals surface area contributed by atoms with Crippen LogP contribution in [-0.2, 0) is 0 Å². The maximum absolute atomic E-state index is 2.41. The predicted octanol–water partition coefficient (Wildman–Crippen LogP) is 4.95. The molecular formula is C14H16S. The minimum atomic E-state index is 0.858. The van der Waals surface area contributed by atoms with Crippen molar-refractivity contribution in [3.8, 4) is 0 Å². The standard InChI is InChI=1S/C14H16S/c1-2-6-11(7-3-1)14-10-12-8-4-5-9-13(12)15-14/h4-5,8-11H,1-3,6-7H2. The Morgan fingerprint density at radius 2 is 1.80 bits per heavy atom. The molecule has 1 aromatic carbocycles. The Balaban J connectivity index is 1.96. The first-order valence-corrected chi connectivity index (χ1v) is 6.73. The number of hydrogen-bond donors (Lipinski definition) is 0. The second kappa shape index (κ2) is 3.97. The second-order valence-electron chi connectivity index (χ2n) is 4.52. The van der Waals surface area contributed by atoms with Gasteiger partial charge >= 0.3 is 0 Å². The monoisotopic (exact) mass is 216 g/mol. The van der Waals surface area contributed by atoms with Crippen LogP contribution >= 0.6 is 11.3 Å². The molecule has 0 N–H and O–H groups in total. The minimum Gasteiger partial charge on any atom is -0.140 e. The molecule has 0 nitrogen and oxygen atoms in total. The van der Waals surface area contributed by atoms with Crippen molar-refractivity contribution < 1.29 is 0 Å². The van der Waals surface area contributed by atoms with Crippen LogP contribution in [0.2, 0.25) is 0 Å². The van der Waals surface area contributed by atoms with Gasteiger partial charge in [0.05, 0.1) is 0 Å². The molecule has 1 aromatic heterocycles. The maximum atomic E-state index is 2.41. The van der Waals surface area contributed by atoms with Crippen molar-refractivity contribution >= 4 is 21.4 Å². The summed E-state index contributed by atoms with van der Waals surface area (Å²) in [5, 5.41) is 1.43. The molecule has 1 heteroatoms. The van der Waals surface area contributed by atoms with Crippen molar-refractivity contribution in [2.75, 3.05) is 0 Å². The molecule has 1 aliphatic carbocycles. The van der Waals surface area contributed by atoms with Gasteiger partial charge in [0.25, 0.3) is 0 Å². The van der Waals surface area contributed by atoms with E-state index >= 15 is 0 Å². The highest BCUT2D eigenvalue weighted by atomic mass is 32.1. The van der Waals surface area contributed by atoms with Gasteiger partial charge in [0.1, 0.15) is 0 Å². The molecule has 1 saturated carbocycles. The van der Waals surface area contributed by atoms with E-state index in [0.717, 1.165) is 5.92 Å². The van der Waals surface area contributed by atoms with Crippen LogP contribution in [0.5, 0.6) is 0 Å². The smallest absolute Gasteiger partial charge is 0.0345 e. The normalized spacial score (nSPS) is 18.4. The average Bonchev–Trinajstić information content (AvgIpc) is 2.74. The Morgan fingerprint density at radius 3 is 2.60 bits per heavy atom. The van der Waals surface area contributed by atoms with Crippen LogP contribution < -0.4 is 0 Å². The molecule has 0 spiro atoms. The number of rotatable bonds is 1. The lowest BCUT2D eigenvalue weighted by Crippen LogP contribution is -2.01. The molecule has 0 saturated heterocycles. The first-order valence-electron chi connectivity index (χ1n) is 5.92. The van der Waals surface area contributed by atoms with E-state index in [0.29, 0.717) is 0 Å². The summed E-state index contributed by atoms with van der Waals surface area (Å²) < 4.78 is 1.46. The van der Waals surface area contributed by atoms with E-state index in [9.17, 15) is 0 Å². The maximum Gasteiger partial charge on any atom is 0.0345 e. The van der Waals surface area contributed by atoms with Gasteiger partial charge in [-0.15, -0.1) is 11.3 Å². The Hall–Kier alpha value is -0.820. The lowest BCUT2D eigenvalue weighted by Gasteiger charge is -2.19. The van der Waals surface area contributed by atoms with E-state index in [1.807, 2.05) is 11.3 Å². The number of fused-ring (bicyclic) bond motifs is 1. The molecule has 1 heterocycles. The highest BCUT2D eigenvalue weighted by Crippen LogP contribution is 2.38. The van der Waals surface area contributed by atoms with Crippen molar-refractivity contribution in [2.45, 2.75) is 38.0 Å². The summed E-state index contributed by atoms with van der Waals surface area (Å²) in [4.78, 5) is 1.62. The summed E-state index contributed by atoms with van der Waals surface area (Å²) >= 11 is 2.00. The highest BCUT2D eigenvalue weighted by molar-refractivity contribution is 7.19. The molecule has 3 rings (SSSR count). The molecular weight excluding hydrogens is 200 g/mol. The number of thiophene rings is 1. The average molecular weight is 216 g/mol. The quantitative estimate of drug-likeness (QED) is 0.632. The van der Waals surface area contributed by atoms with Crippen molar-refractivity contribution in [3.05, 3.63) is 35.2 Å². The van der Waals surface area contributed by atoms with Gasteiger partial charge < -0.3 is 0 Å². The van der Waals surface area contributed by atoms with Gasteiger partial charge in [-0.3, -0.25) is 0 Å². The van der Waals surface area contributed by atoms with Crippen molar-refractivity contribution in [1.82, 2.24) is 0 Å². The molecule has 0 atom stereocenters. The molecule has 1 fully saturated rings. The Morgan fingerprint density at radius 1 is 1.00 bits per heavy atom. The zero-order valence-corrected chi connectivity index (χ0v) is 9.72. The highest BCUT2D eigenvalue weighted by Gasteiger charge is 2.17. The van der Waals surface area contributed by atoms with E-state index in [-0.39, 0.29) is 0 Å². The summed E-state index contributed by atoms with van der Waals surface area (Å²) in [5.74, 6) is 0.858. The third-order valence-corrected chi connectivity index (χ3v) is 4.73. The predicted molar refractivity (Wildman–Crippen MR) is 67.7 cm³/mol. The summed E-state index contributed by atoms with van der Waals surface area (Å²) in [6.45, 7) is 0. The van der Waals surface area contributed by atoms with E-state index in [1.165, 1.54) is 42.2 Å². The van der Waals surface area contributed by atoms with Crippen molar-refractivity contribution in [1.29, 1.82) is 0 Å². The van der Waals surface area contributed by atoms with Crippen molar-refractivity contribution in [2.24, 2.45) is 0 Å². The molecule has 0 radical (unpaired) electrons. The van der Waals surface area contributed by atoms with Crippen LogP contribution in [-0.4, -0.2) is 0 Å². The molecule has 1 aliphatic rings. The van der Waals surface area contributed by atoms with Gasteiger partial charge in [0.15, 0.2) is 0 Å². The first kappa shape index (κ1) is 9.41. The minimum absolute atomic E-state index is 0.858. The fourth-order valence-electron chi connectivity index (χ4n) is 2.59. The van der Waals surface area contributed by atoms with Crippen molar-refractivity contribution in [3.63, 3.8) is 0 Å². The van der Waals surface area contributed by atoms with Gasteiger partial charge in [-0.25, -0.2) is 0 Å². The summed E-state index contributed by atoms with van der Waals surface area (Å²) in [6, 6.07) is 11.2. The SMILES string of the molecule is c1ccc2sc(C3CCCCC3)cc2c1. The van der Waals surface area contributed by atoms with Crippen LogP contribution in [0.1, 0.15) is 42.9 Å². The molecule has 78 valence electrons. The Labute approximate surface area is 94.9 Å². The molecule has 15 heavy (non-hydrogen) atoms. The zero-order chi connectivity index (χ0) is 10.1. The van der Waals surface area contributed by atoms with Crippen LogP contribution in [0.4, 0.5) is 0 Å². The summed E-state index contributed by atoms with van der Waals surface area (Å²) in [7, 11) is 0. The van der Waals surface area contributed by atoms with Gasteiger partial charge in [0.2, 0.25) is 0 Å². The van der Waals surface area contributed by atoms with Crippen LogP contribution in [0, 0.1) is 0 Å².